The van der Waals surface area contributed by atoms with E-state index in [2.05, 4.69) is 5.92 Å². The molecule has 0 saturated carbocycles. The monoisotopic (exact) mass is 147 g/mol. The molecule has 0 aliphatic rings. The number of terminal acetylenes is 1. The van der Waals surface area contributed by atoms with Crippen LogP contribution >= 0.6 is 0 Å². The van der Waals surface area contributed by atoms with Gasteiger partial charge in [-0.2, -0.15) is 0 Å². The van der Waals surface area contributed by atoms with Crippen molar-refractivity contribution in [2.45, 2.75) is 31.7 Å². The van der Waals surface area contributed by atoms with Crippen LogP contribution in [0.2, 0.25) is 0 Å². The summed E-state index contributed by atoms with van der Waals surface area (Å²) in [6.07, 6.45) is 5.36. The summed E-state index contributed by atoms with van der Waals surface area (Å²) in [5, 5.41) is 0. The number of alkyl halides is 2. The highest BCUT2D eigenvalue weighted by molar-refractivity contribution is 4.87. The molecule has 2 N–H and O–H groups in total. The van der Waals surface area contributed by atoms with E-state index in [9.17, 15) is 8.78 Å². The smallest absolute Gasteiger partial charge is 0.260 e. The van der Waals surface area contributed by atoms with Crippen LogP contribution in [0.15, 0.2) is 0 Å². The molecule has 10 heavy (non-hydrogen) atoms. The second kappa shape index (κ2) is 3.52. The maximum atomic E-state index is 12.2. The second-order valence-electron chi connectivity index (χ2n) is 2.31. The van der Waals surface area contributed by atoms with E-state index < -0.39 is 12.0 Å². The molecule has 58 valence electrons. The van der Waals surface area contributed by atoms with Crippen LogP contribution in [0.1, 0.15) is 19.8 Å². The van der Waals surface area contributed by atoms with Gasteiger partial charge in [-0.05, 0) is 6.42 Å². The minimum Gasteiger partial charge on any atom is -0.323 e. The summed E-state index contributed by atoms with van der Waals surface area (Å²) >= 11 is 0. The number of hydrogen-bond donors (Lipinski definition) is 1. The summed E-state index contributed by atoms with van der Waals surface area (Å²) in [5.74, 6) is -0.551. The average Bonchev–Trinajstić information content (AvgIpc) is 1.80. The van der Waals surface area contributed by atoms with Gasteiger partial charge in [-0.3, -0.25) is 0 Å². The van der Waals surface area contributed by atoms with Crippen molar-refractivity contribution in [3.8, 4) is 12.3 Å². The zero-order valence-electron chi connectivity index (χ0n) is 5.90. The molecule has 0 aliphatic carbocycles. The summed E-state index contributed by atoms with van der Waals surface area (Å²) in [7, 11) is 0. The van der Waals surface area contributed by atoms with Crippen molar-refractivity contribution in [2.75, 3.05) is 0 Å². The molecule has 1 atom stereocenters. The molecule has 0 heterocycles. The van der Waals surface area contributed by atoms with Crippen LogP contribution in [-0.4, -0.2) is 12.0 Å². The van der Waals surface area contributed by atoms with Crippen molar-refractivity contribution in [3.63, 3.8) is 0 Å². The van der Waals surface area contributed by atoms with Gasteiger partial charge in [-0.1, -0.05) is 0 Å². The molecule has 0 aliphatic heterocycles. The molecule has 0 bridgehead atoms. The van der Waals surface area contributed by atoms with Gasteiger partial charge in [0, 0.05) is 13.3 Å². The van der Waals surface area contributed by atoms with E-state index in [1.165, 1.54) is 0 Å². The lowest BCUT2D eigenvalue weighted by Crippen LogP contribution is -2.38. The van der Waals surface area contributed by atoms with Gasteiger partial charge in [0.25, 0.3) is 5.92 Å². The van der Waals surface area contributed by atoms with Gasteiger partial charge < -0.3 is 5.73 Å². The maximum absolute atomic E-state index is 12.2. The Morgan fingerprint density at radius 3 is 2.50 bits per heavy atom. The SMILES string of the molecule is C#CCCC(N)C(C)(F)F. The molecule has 0 spiro atoms. The molecule has 0 saturated heterocycles. The third-order valence-electron chi connectivity index (χ3n) is 1.25. The molecule has 0 aromatic rings. The normalized spacial score (nSPS) is 14.3. The van der Waals surface area contributed by atoms with Gasteiger partial charge in [-0.25, -0.2) is 8.78 Å². The standard InChI is InChI=1S/C7H11F2N/c1-3-4-5-6(10)7(2,8)9/h1,6H,4-5,10H2,2H3. The van der Waals surface area contributed by atoms with Crippen molar-refractivity contribution in [3.05, 3.63) is 0 Å². The van der Waals surface area contributed by atoms with Crippen molar-refractivity contribution in [1.29, 1.82) is 0 Å². The number of hydrogen-bond acceptors (Lipinski definition) is 1. The number of nitrogens with two attached hydrogens (primary N) is 1. The van der Waals surface area contributed by atoms with Gasteiger partial charge in [0.15, 0.2) is 0 Å². The fourth-order valence-corrected chi connectivity index (χ4v) is 0.492. The Balaban J connectivity index is 3.65. The van der Waals surface area contributed by atoms with Gasteiger partial charge in [0.05, 0.1) is 6.04 Å². The lowest BCUT2D eigenvalue weighted by atomic mass is 10.1. The summed E-state index contributed by atoms with van der Waals surface area (Å²) in [6, 6.07) is -1.11. The van der Waals surface area contributed by atoms with Crippen LogP contribution in [0, 0.1) is 12.3 Å². The van der Waals surface area contributed by atoms with Gasteiger partial charge >= 0.3 is 0 Å². The van der Waals surface area contributed by atoms with Crippen LogP contribution in [-0.2, 0) is 0 Å². The number of rotatable bonds is 3. The van der Waals surface area contributed by atoms with Gasteiger partial charge in [0.1, 0.15) is 0 Å². The zero-order chi connectivity index (χ0) is 8.20. The minimum atomic E-state index is -2.81. The van der Waals surface area contributed by atoms with Crippen molar-refractivity contribution in [2.24, 2.45) is 5.73 Å². The lowest BCUT2D eigenvalue weighted by Gasteiger charge is -2.17. The quantitative estimate of drug-likeness (QED) is 0.599. The molecular formula is C7H11F2N. The highest BCUT2D eigenvalue weighted by atomic mass is 19.3. The predicted octanol–water partition coefficient (Wildman–Crippen LogP) is 1.38. The Labute approximate surface area is 59.6 Å². The highest BCUT2D eigenvalue weighted by Gasteiger charge is 2.29. The molecule has 1 unspecified atom stereocenters. The topological polar surface area (TPSA) is 26.0 Å². The van der Waals surface area contributed by atoms with Crippen LogP contribution in [0.25, 0.3) is 0 Å². The van der Waals surface area contributed by atoms with E-state index >= 15 is 0 Å². The first-order chi connectivity index (χ1) is 4.48. The summed E-state index contributed by atoms with van der Waals surface area (Å²) in [4.78, 5) is 0. The molecule has 3 heteroatoms. The number of halogens is 2. The van der Waals surface area contributed by atoms with Gasteiger partial charge in [-0.15, -0.1) is 12.3 Å². The molecular weight excluding hydrogens is 136 g/mol. The molecule has 0 radical (unpaired) electrons. The molecule has 0 rings (SSSR count). The van der Waals surface area contributed by atoms with Crippen LogP contribution < -0.4 is 5.73 Å². The minimum absolute atomic E-state index is 0.181. The third kappa shape index (κ3) is 3.41. The van der Waals surface area contributed by atoms with E-state index in [0.717, 1.165) is 6.92 Å². The Hall–Kier alpha value is -0.620. The van der Waals surface area contributed by atoms with Crippen molar-refractivity contribution < 1.29 is 8.78 Å². The van der Waals surface area contributed by atoms with E-state index in [4.69, 9.17) is 12.2 Å². The molecule has 0 amide bonds. The average molecular weight is 147 g/mol. The van der Waals surface area contributed by atoms with Crippen LogP contribution in [0.5, 0.6) is 0 Å². The lowest BCUT2D eigenvalue weighted by molar-refractivity contribution is -0.00732. The van der Waals surface area contributed by atoms with E-state index in [1.807, 2.05) is 0 Å². The summed E-state index contributed by atoms with van der Waals surface area (Å²) in [6.45, 7) is 0.800. The Morgan fingerprint density at radius 2 is 2.20 bits per heavy atom. The third-order valence-corrected chi connectivity index (χ3v) is 1.25. The first kappa shape index (κ1) is 9.38. The van der Waals surface area contributed by atoms with Gasteiger partial charge in [0.2, 0.25) is 0 Å². The fraction of sp³-hybridized carbons (Fsp3) is 0.714. The Kier molecular flexibility index (Phi) is 3.31. The van der Waals surface area contributed by atoms with Crippen molar-refractivity contribution in [1.82, 2.24) is 0 Å². The summed E-state index contributed by atoms with van der Waals surface area (Å²) < 4.78 is 24.5. The van der Waals surface area contributed by atoms with Crippen LogP contribution in [0.3, 0.4) is 0 Å². The molecule has 0 aromatic heterocycles. The first-order valence-electron chi connectivity index (χ1n) is 3.05. The van der Waals surface area contributed by atoms with E-state index in [1.54, 1.807) is 0 Å². The predicted molar refractivity (Wildman–Crippen MR) is 36.7 cm³/mol. The van der Waals surface area contributed by atoms with Crippen molar-refractivity contribution >= 4 is 0 Å². The fourth-order valence-electron chi connectivity index (χ4n) is 0.492. The molecule has 0 fully saturated rings. The highest BCUT2D eigenvalue weighted by Crippen LogP contribution is 2.18. The Bertz CT molecular complexity index is 132. The first-order valence-corrected chi connectivity index (χ1v) is 3.05. The van der Waals surface area contributed by atoms with E-state index in [-0.39, 0.29) is 6.42 Å². The zero-order valence-corrected chi connectivity index (χ0v) is 5.90. The van der Waals surface area contributed by atoms with E-state index in [0.29, 0.717) is 6.42 Å². The van der Waals surface area contributed by atoms with Crippen LogP contribution in [0.4, 0.5) is 8.78 Å². The molecule has 1 nitrogen and oxygen atoms in total. The summed E-state index contributed by atoms with van der Waals surface area (Å²) in [5.41, 5.74) is 5.09. The Morgan fingerprint density at radius 1 is 1.70 bits per heavy atom. The largest absolute Gasteiger partial charge is 0.323 e. The molecule has 0 aromatic carbocycles. The maximum Gasteiger partial charge on any atom is 0.260 e. The second-order valence-corrected chi connectivity index (χ2v) is 2.31.